The van der Waals surface area contributed by atoms with Gasteiger partial charge in [0, 0.05) is 11.1 Å². The molecule has 0 aliphatic carbocycles. The second kappa shape index (κ2) is 4.82. The highest BCUT2D eigenvalue weighted by molar-refractivity contribution is 6.35. The summed E-state index contributed by atoms with van der Waals surface area (Å²) >= 11 is 5.97. The van der Waals surface area contributed by atoms with Gasteiger partial charge in [0.2, 0.25) is 0 Å². The highest BCUT2D eigenvalue weighted by atomic mass is 35.5. The number of carbonyl (C=O) groups excluding carboxylic acids is 1. The summed E-state index contributed by atoms with van der Waals surface area (Å²) in [4.78, 5) is 12.5. The molecule has 1 aromatic heterocycles. The summed E-state index contributed by atoms with van der Waals surface area (Å²) in [6.07, 6.45) is 0. The van der Waals surface area contributed by atoms with E-state index in [9.17, 15) is 9.18 Å². The molecule has 100 valence electrons. The molecule has 0 saturated heterocycles. The number of ketones is 1. The van der Waals surface area contributed by atoms with Gasteiger partial charge in [-0.2, -0.15) is 0 Å². The summed E-state index contributed by atoms with van der Waals surface area (Å²) in [6.45, 7) is 6.96. The van der Waals surface area contributed by atoms with Crippen LogP contribution in [0.4, 0.5) is 4.39 Å². The summed E-state index contributed by atoms with van der Waals surface area (Å²) < 4.78 is 18.8. The van der Waals surface area contributed by atoms with E-state index in [2.05, 4.69) is 0 Å². The fourth-order valence-corrected chi connectivity index (χ4v) is 2.33. The quantitative estimate of drug-likeness (QED) is 0.756. The monoisotopic (exact) mass is 280 g/mol. The Kier molecular flexibility index (Phi) is 3.50. The minimum atomic E-state index is -0.418. The molecule has 19 heavy (non-hydrogen) atoms. The number of hydrogen-bond donors (Lipinski definition) is 0. The average Bonchev–Trinajstić information content (AvgIpc) is 2.57. The van der Waals surface area contributed by atoms with E-state index in [0.717, 1.165) is 5.56 Å². The Hall–Kier alpha value is -1.61. The number of rotatable bonds is 2. The Morgan fingerprint density at radius 2 is 1.79 bits per heavy atom. The van der Waals surface area contributed by atoms with Crippen molar-refractivity contribution in [3.05, 3.63) is 56.7 Å². The zero-order valence-corrected chi connectivity index (χ0v) is 12.0. The van der Waals surface area contributed by atoms with Crippen molar-refractivity contribution in [2.24, 2.45) is 0 Å². The molecule has 0 aliphatic heterocycles. The third-order valence-electron chi connectivity index (χ3n) is 3.28. The fraction of sp³-hybridized carbons (Fsp3) is 0.267. The first-order valence-electron chi connectivity index (χ1n) is 5.90. The van der Waals surface area contributed by atoms with Gasteiger partial charge in [0.25, 0.3) is 0 Å². The van der Waals surface area contributed by atoms with Gasteiger partial charge in [-0.05, 0) is 45.4 Å². The molecule has 0 unspecified atom stereocenters. The van der Waals surface area contributed by atoms with Crippen LogP contribution in [0, 0.1) is 33.5 Å². The average molecular weight is 281 g/mol. The number of halogens is 2. The normalized spacial score (nSPS) is 10.8. The van der Waals surface area contributed by atoms with Crippen molar-refractivity contribution in [3.63, 3.8) is 0 Å². The van der Waals surface area contributed by atoms with E-state index in [0.29, 0.717) is 28.2 Å². The zero-order chi connectivity index (χ0) is 14.3. The fourth-order valence-electron chi connectivity index (χ4n) is 2.09. The third-order valence-corrected chi connectivity index (χ3v) is 3.59. The molecular formula is C15H14ClFO2. The van der Waals surface area contributed by atoms with Gasteiger partial charge < -0.3 is 4.42 Å². The van der Waals surface area contributed by atoms with E-state index in [1.54, 1.807) is 20.8 Å². The smallest absolute Gasteiger partial charge is 0.198 e. The molecule has 4 heteroatoms. The summed E-state index contributed by atoms with van der Waals surface area (Å²) in [7, 11) is 0. The molecule has 0 amide bonds. The summed E-state index contributed by atoms with van der Waals surface area (Å²) in [5.41, 5.74) is 1.99. The predicted molar refractivity (Wildman–Crippen MR) is 72.5 cm³/mol. The van der Waals surface area contributed by atoms with Gasteiger partial charge in [-0.1, -0.05) is 11.6 Å². The maximum absolute atomic E-state index is 13.4. The van der Waals surface area contributed by atoms with Gasteiger partial charge in [-0.15, -0.1) is 0 Å². The molecule has 0 fully saturated rings. The number of carbonyl (C=O) groups is 1. The molecule has 2 rings (SSSR count). The second-order valence-corrected chi connectivity index (χ2v) is 5.03. The Morgan fingerprint density at radius 1 is 1.16 bits per heavy atom. The van der Waals surface area contributed by atoms with Crippen LogP contribution < -0.4 is 0 Å². The third kappa shape index (κ3) is 2.30. The minimum Gasteiger partial charge on any atom is -0.466 e. The minimum absolute atomic E-state index is 0.116. The van der Waals surface area contributed by atoms with Crippen molar-refractivity contribution in [3.8, 4) is 0 Å². The lowest BCUT2D eigenvalue weighted by Crippen LogP contribution is -2.05. The van der Waals surface area contributed by atoms with Crippen LogP contribution in [0.5, 0.6) is 0 Å². The molecular weight excluding hydrogens is 267 g/mol. The maximum Gasteiger partial charge on any atom is 0.198 e. The zero-order valence-electron chi connectivity index (χ0n) is 11.2. The van der Waals surface area contributed by atoms with Crippen molar-refractivity contribution in [1.29, 1.82) is 0 Å². The van der Waals surface area contributed by atoms with Gasteiger partial charge >= 0.3 is 0 Å². The number of hydrogen-bond acceptors (Lipinski definition) is 2. The van der Waals surface area contributed by atoms with E-state index in [-0.39, 0.29) is 10.8 Å². The SMILES string of the molecule is Cc1cc(C(=O)c2c(C)oc(C)c2C)c(Cl)cc1F. The molecule has 0 bridgehead atoms. The Balaban J connectivity index is 2.59. The predicted octanol–water partition coefficient (Wildman–Crippen LogP) is 4.54. The van der Waals surface area contributed by atoms with Crippen molar-refractivity contribution in [2.75, 3.05) is 0 Å². The summed E-state index contributed by atoms with van der Waals surface area (Å²) in [6, 6.07) is 2.64. The highest BCUT2D eigenvalue weighted by Crippen LogP contribution is 2.28. The molecule has 0 N–H and O–H groups in total. The summed E-state index contributed by atoms with van der Waals surface area (Å²) in [5, 5.41) is 0.116. The molecule has 0 radical (unpaired) electrons. The molecule has 1 heterocycles. The van der Waals surface area contributed by atoms with Crippen molar-refractivity contribution in [2.45, 2.75) is 27.7 Å². The van der Waals surface area contributed by atoms with Gasteiger partial charge in [-0.3, -0.25) is 4.79 Å². The van der Waals surface area contributed by atoms with Crippen LogP contribution in [0.1, 0.15) is 38.6 Å². The lowest BCUT2D eigenvalue weighted by molar-refractivity contribution is 0.103. The first kappa shape index (κ1) is 13.8. The van der Waals surface area contributed by atoms with Gasteiger partial charge in [0.05, 0.1) is 10.6 Å². The van der Waals surface area contributed by atoms with E-state index in [4.69, 9.17) is 16.0 Å². The van der Waals surface area contributed by atoms with Crippen LogP contribution in [0.3, 0.4) is 0 Å². The lowest BCUT2D eigenvalue weighted by Gasteiger charge is -2.06. The van der Waals surface area contributed by atoms with Gasteiger partial charge in [-0.25, -0.2) is 4.39 Å². The molecule has 1 aromatic carbocycles. The standard InChI is InChI=1S/C15H14ClFO2/c1-7-5-11(12(16)6-13(7)17)15(18)14-8(2)9(3)19-10(14)4/h5-6H,1-4H3. The van der Waals surface area contributed by atoms with E-state index in [1.165, 1.54) is 12.1 Å². The van der Waals surface area contributed by atoms with Crippen LogP contribution in [0.25, 0.3) is 0 Å². The first-order chi connectivity index (χ1) is 8.82. The molecule has 0 spiro atoms. The van der Waals surface area contributed by atoms with Gasteiger partial charge in [0.1, 0.15) is 17.3 Å². The Bertz CT molecular complexity index is 671. The lowest BCUT2D eigenvalue weighted by atomic mass is 9.98. The molecule has 0 saturated carbocycles. The topological polar surface area (TPSA) is 30.2 Å². The number of benzene rings is 1. The maximum atomic E-state index is 13.4. The van der Waals surface area contributed by atoms with E-state index >= 15 is 0 Å². The molecule has 0 atom stereocenters. The Morgan fingerprint density at radius 3 is 2.32 bits per heavy atom. The van der Waals surface area contributed by atoms with Crippen LogP contribution in [0.2, 0.25) is 5.02 Å². The first-order valence-corrected chi connectivity index (χ1v) is 6.27. The van der Waals surface area contributed by atoms with Crippen LogP contribution in [-0.4, -0.2) is 5.78 Å². The van der Waals surface area contributed by atoms with Crippen molar-refractivity contribution >= 4 is 17.4 Å². The Labute approximate surface area is 116 Å². The highest BCUT2D eigenvalue weighted by Gasteiger charge is 2.22. The van der Waals surface area contributed by atoms with Crippen LogP contribution >= 0.6 is 11.6 Å². The second-order valence-electron chi connectivity index (χ2n) is 4.62. The van der Waals surface area contributed by atoms with E-state index < -0.39 is 5.82 Å². The largest absolute Gasteiger partial charge is 0.466 e. The van der Waals surface area contributed by atoms with Crippen molar-refractivity contribution < 1.29 is 13.6 Å². The molecule has 0 aliphatic rings. The number of aryl methyl sites for hydroxylation is 3. The van der Waals surface area contributed by atoms with Crippen molar-refractivity contribution in [1.82, 2.24) is 0 Å². The van der Waals surface area contributed by atoms with Crippen LogP contribution in [-0.2, 0) is 0 Å². The molecule has 2 aromatic rings. The summed E-state index contributed by atoms with van der Waals surface area (Å²) in [5.74, 6) is 0.604. The van der Waals surface area contributed by atoms with Gasteiger partial charge in [0.15, 0.2) is 5.78 Å². The molecule has 2 nitrogen and oxygen atoms in total. The van der Waals surface area contributed by atoms with Crippen LogP contribution in [0.15, 0.2) is 16.5 Å². The number of furan rings is 1. The van der Waals surface area contributed by atoms with E-state index in [1.807, 2.05) is 6.92 Å².